The summed E-state index contributed by atoms with van der Waals surface area (Å²) in [4.78, 5) is 4.24. The van der Waals surface area contributed by atoms with Gasteiger partial charge in [-0.15, -0.1) is 0 Å². The van der Waals surface area contributed by atoms with E-state index in [1.165, 1.54) is 12.8 Å². The molecule has 0 saturated heterocycles. The minimum absolute atomic E-state index is 0.0593. The molecule has 1 aromatic carbocycles. The zero-order chi connectivity index (χ0) is 18.6. The quantitative estimate of drug-likeness (QED) is 0.608. The van der Waals surface area contributed by atoms with Crippen LogP contribution >= 0.6 is 0 Å². The molecule has 26 heavy (non-hydrogen) atoms. The smallest absolute Gasteiger partial charge is 0.236 e. The number of hydrogen-bond donors (Lipinski definition) is 2. The van der Waals surface area contributed by atoms with Gasteiger partial charge in [0.25, 0.3) is 0 Å². The lowest BCUT2D eigenvalue weighted by Gasteiger charge is -2.28. The van der Waals surface area contributed by atoms with Crippen LogP contribution in [0.1, 0.15) is 38.2 Å². The number of aliphatic imine (C=N–C) groups is 1. The number of anilines is 1. The summed E-state index contributed by atoms with van der Waals surface area (Å²) in [5.41, 5.74) is 1.93. The molecule has 1 aromatic rings. The molecule has 0 unspecified atom stereocenters. The molecule has 1 saturated carbocycles. The Kier molecular flexibility index (Phi) is 6.06. The SMILES string of the molecule is CN=C(NCCS(=O)(=O)N1CCc2ccccc21)NC1CCC(C)CC1. The predicted octanol–water partition coefficient (Wildman–Crippen LogP) is 2.12. The fourth-order valence-electron chi connectivity index (χ4n) is 3.80. The fraction of sp³-hybridized carbons (Fsp3) is 0.632. The molecule has 1 fully saturated rings. The van der Waals surface area contributed by atoms with E-state index in [9.17, 15) is 8.42 Å². The highest BCUT2D eigenvalue weighted by atomic mass is 32.2. The summed E-state index contributed by atoms with van der Waals surface area (Å²) in [6.07, 6.45) is 5.54. The van der Waals surface area contributed by atoms with Crippen molar-refractivity contribution in [2.45, 2.75) is 45.1 Å². The van der Waals surface area contributed by atoms with Gasteiger partial charge in [-0.1, -0.05) is 25.1 Å². The van der Waals surface area contributed by atoms with Crippen LogP contribution < -0.4 is 14.9 Å². The average Bonchev–Trinajstić information content (AvgIpc) is 3.07. The summed E-state index contributed by atoms with van der Waals surface area (Å²) in [5, 5.41) is 6.59. The van der Waals surface area contributed by atoms with Gasteiger partial charge in [0.1, 0.15) is 0 Å². The van der Waals surface area contributed by atoms with E-state index in [0.29, 0.717) is 25.1 Å². The standard InChI is InChI=1S/C19H30N4O2S/c1-15-7-9-17(10-8-15)22-19(20-2)21-12-14-26(24,25)23-13-11-16-5-3-4-6-18(16)23/h3-6,15,17H,7-14H2,1-2H3,(H2,20,21,22). The molecule has 0 radical (unpaired) electrons. The minimum Gasteiger partial charge on any atom is -0.355 e. The zero-order valence-electron chi connectivity index (χ0n) is 15.7. The lowest BCUT2D eigenvalue weighted by Crippen LogP contribution is -2.46. The molecule has 2 N–H and O–H groups in total. The third-order valence-corrected chi connectivity index (χ3v) is 7.18. The summed E-state index contributed by atoms with van der Waals surface area (Å²) in [6.45, 7) is 3.18. The molecular formula is C19H30N4O2S. The highest BCUT2D eigenvalue weighted by Crippen LogP contribution is 2.29. The second kappa shape index (κ2) is 8.29. The first-order valence-corrected chi connectivity index (χ1v) is 11.2. The largest absolute Gasteiger partial charge is 0.355 e. The maximum absolute atomic E-state index is 12.7. The highest BCUT2D eigenvalue weighted by Gasteiger charge is 2.28. The molecule has 144 valence electrons. The molecule has 3 rings (SSSR count). The van der Waals surface area contributed by atoms with Crippen molar-refractivity contribution in [2.75, 3.05) is 30.2 Å². The first-order chi connectivity index (χ1) is 12.5. The van der Waals surface area contributed by atoms with Crippen LogP contribution in [0.4, 0.5) is 5.69 Å². The van der Waals surface area contributed by atoms with Crippen LogP contribution in [0.3, 0.4) is 0 Å². The molecule has 6 nitrogen and oxygen atoms in total. The number of sulfonamides is 1. The minimum atomic E-state index is -3.33. The monoisotopic (exact) mass is 378 g/mol. The number of nitrogens with one attached hydrogen (secondary N) is 2. The normalized spacial score (nSPS) is 23.6. The van der Waals surface area contributed by atoms with Crippen molar-refractivity contribution in [3.05, 3.63) is 29.8 Å². The van der Waals surface area contributed by atoms with E-state index in [4.69, 9.17) is 0 Å². The maximum atomic E-state index is 12.7. The van der Waals surface area contributed by atoms with Gasteiger partial charge in [0.05, 0.1) is 11.4 Å². The first kappa shape index (κ1) is 19.0. The number of nitrogens with zero attached hydrogens (tertiary/aromatic N) is 2. The van der Waals surface area contributed by atoms with E-state index in [1.54, 1.807) is 11.4 Å². The topological polar surface area (TPSA) is 73.8 Å². The van der Waals surface area contributed by atoms with Crippen LogP contribution in [0, 0.1) is 5.92 Å². The van der Waals surface area contributed by atoms with Gasteiger partial charge in [0.15, 0.2) is 5.96 Å². The molecule has 2 aliphatic rings. The summed E-state index contributed by atoms with van der Waals surface area (Å²) < 4.78 is 27.0. The second-order valence-electron chi connectivity index (χ2n) is 7.37. The molecule has 0 aromatic heterocycles. The van der Waals surface area contributed by atoms with Crippen LogP contribution in [0.5, 0.6) is 0 Å². The van der Waals surface area contributed by atoms with Gasteiger partial charge in [-0.05, 0) is 49.7 Å². The van der Waals surface area contributed by atoms with Crippen molar-refractivity contribution in [3.63, 3.8) is 0 Å². The van der Waals surface area contributed by atoms with Gasteiger partial charge in [0, 0.05) is 26.2 Å². The van der Waals surface area contributed by atoms with Crippen molar-refractivity contribution < 1.29 is 8.42 Å². The Bertz CT molecular complexity index is 740. The summed E-state index contributed by atoms with van der Waals surface area (Å²) in [5.74, 6) is 1.56. The molecule has 7 heteroatoms. The average molecular weight is 379 g/mol. The van der Waals surface area contributed by atoms with Gasteiger partial charge < -0.3 is 10.6 Å². The number of guanidine groups is 1. The van der Waals surface area contributed by atoms with Gasteiger partial charge in [-0.3, -0.25) is 9.30 Å². The number of hydrogen-bond acceptors (Lipinski definition) is 3. The van der Waals surface area contributed by atoms with E-state index in [2.05, 4.69) is 22.5 Å². The third kappa shape index (κ3) is 4.50. The molecule has 1 aliphatic heterocycles. The lowest BCUT2D eigenvalue weighted by molar-refractivity contribution is 0.329. The lowest BCUT2D eigenvalue weighted by atomic mass is 9.87. The summed E-state index contributed by atoms with van der Waals surface area (Å²) >= 11 is 0. The van der Waals surface area contributed by atoms with Crippen LogP contribution in [-0.4, -0.2) is 46.3 Å². The Balaban J connectivity index is 1.50. The van der Waals surface area contributed by atoms with Gasteiger partial charge >= 0.3 is 0 Å². The predicted molar refractivity (Wildman–Crippen MR) is 107 cm³/mol. The van der Waals surface area contributed by atoms with Crippen molar-refractivity contribution >= 4 is 21.7 Å². The molecule has 0 bridgehead atoms. The molecule has 1 heterocycles. The highest BCUT2D eigenvalue weighted by molar-refractivity contribution is 7.92. The Hall–Kier alpha value is -1.76. The number of benzene rings is 1. The molecule has 1 aliphatic carbocycles. The Morgan fingerprint density at radius 3 is 2.69 bits per heavy atom. The summed E-state index contributed by atoms with van der Waals surface area (Å²) in [6, 6.07) is 8.16. The molecular weight excluding hydrogens is 348 g/mol. The van der Waals surface area contributed by atoms with Crippen LogP contribution in [-0.2, 0) is 16.4 Å². The van der Waals surface area contributed by atoms with Crippen molar-refractivity contribution in [1.29, 1.82) is 0 Å². The van der Waals surface area contributed by atoms with Crippen LogP contribution in [0.15, 0.2) is 29.3 Å². The zero-order valence-corrected chi connectivity index (χ0v) is 16.6. The van der Waals surface area contributed by atoms with Crippen molar-refractivity contribution in [1.82, 2.24) is 10.6 Å². The van der Waals surface area contributed by atoms with Gasteiger partial charge in [-0.2, -0.15) is 0 Å². The van der Waals surface area contributed by atoms with E-state index >= 15 is 0 Å². The molecule has 0 amide bonds. The van der Waals surface area contributed by atoms with E-state index in [0.717, 1.165) is 36.4 Å². The maximum Gasteiger partial charge on any atom is 0.236 e. The van der Waals surface area contributed by atoms with Crippen molar-refractivity contribution in [2.24, 2.45) is 10.9 Å². The first-order valence-electron chi connectivity index (χ1n) is 9.55. The number of para-hydroxylation sites is 1. The Labute approximate surface area is 157 Å². The fourth-order valence-corrected chi connectivity index (χ4v) is 5.23. The number of rotatable bonds is 5. The van der Waals surface area contributed by atoms with E-state index in [-0.39, 0.29) is 5.75 Å². The van der Waals surface area contributed by atoms with Crippen LogP contribution in [0.2, 0.25) is 0 Å². The van der Waals surface area contributed by atoms with Crippen LogP contribution in [0.25, 0.3) is 0 Å². The van der Waals surface area contributed by atoms with Crippen molar-refractivity contribution in [3.8, 4) is 0 Å². The number of fused-ring (bicyclic) bond motifs is 1. The van der Waals surface area contributed by atoms with Gasteiger partial charge in [-0.25, -0.2) is 8.42 Å². The summed E-state index contributed by atoms with van der Waals surface area (Å²) in [7, 11) is -1.60. The third-order valence-electron chi connectivity index (χ3n) is 5.41. The molecule has 0 spiro atoms. The second-order valence-corrected chi connectivity index (χ2v) is 9.38. The van der Waals surface area contributed by atoms with E-state index < -0.39 is 10.0 Å². The Morgan fingerprint density at radius 2 is 1.96 bits per heavy atom. The van der Waals surface area contributed by atoms with E-state index in [1.807, 2.05) is 24.3 Å². The Morgan fingerprint density at radius 1 is 1.23 bits per heavy atom. The molecule has 0 atom stereocenters. The van der Waals surface area contributed by atoms with Gasteiger partial charge in [0.2, 0.25) is 10.0 Å².